The number of Topliss-reactive ketones (excluding diaryl/α,β-unsaturated/α-hetero) is 1. The van der Waals surface area contributed by atoms with Gasteiger partial charge in [-0.1, -0.05) is 109 Å². The molecule has 2 N–H and O–H groups in total. The van der Waals surface area contributed by atoms with E-state index in [1.807, 2.05) is 48.5 Å². The van der Waals surface area contributed by atoms with Crippen LogP contribution in [-0.2, 0) is 32.8 Å². The molecule has 2 atom stereocenters. The average molecular weight is 683 g/mol. The number of carbonyl (C=O) groups excluding carboxylic acids is 2. The van der Waals surface area contributed by atoms with Gasteiger partial charge in [-0.05, 0) is 79.3 Å². The number of ketones is 1. The summed E-state index contributed by atoms with van der Waals surface area (Å²) in [7, 11) is 0. The lowest BCUT2D eigenvalue weighted by Gasteiger charge is -2.47. The minimum Gasteiger partial charge on any atom is -0.508 e. The van der Waals surface area contributed by atoms with Gasteiger partial charge in [-0.25, -0.2) is 4.79 Å². The van der Waals surface area contributed by atoms with Gasteiger partial charge in [0.15, 0.2) is 0 Å². The summed E-state index contributed by atoms with van der Waals surface area (Å²) in [6.45, 7) is 15.2. The van der Waals surface area contributed by atoms with Gasteiger partial charge in [-0.2, -0.15) is 0 Å². The lowest BCUT2D eigenvalue weighted by Crippen LogP contribution is -2.47. The molecule has 0 bridgehead atoms. The van der Waals surface area contributed by atoms with Gasteiger partial charge < -0.3 is 19.7 Å². The Labute approximate surface area is 299 Å². The monoisotopic (exact) mass is 682 g/mol. The third-order valence-electron chi connectivity index (χ3n) is 10.3. The number of benzene rings is 3. The highest BCUT2D eigenvalue weighted by Crippen LogP contribution is 2.54. The van der Waals surface area contributed by atoms with Crippen molar-refractivity contribution in [3.63, 3.8) is 0 Å². The number of phenolic OH excluding ortho intramolecular Hbond substituents is 2. The number of aromatic hydroxyl groups is 2. The lowest BCUT2D eigenvalue weighted by atomic mass is 9.66. The Morgan fingerprint density at radius 1 is 1.02 bits per heavy atom. The molecule has 3 aromatic carbocycles. The molecule has 0 spiro atoms. The van der Waals surface area contributed by atoms with Gasteiger partial charge in [0.1, 0.15) is 35.2 Å². The summed E-state index contributed by atoms with van der Waals surface area (Å²) in [6, 6.07) is 19.2. The molecule has 0 aromatic heterocycles. The zero-order valence-corrected chi connectivity index (χ0v) is 31.3. The van der Waals surface area contributed by atoms with Gasteiger partial charge in [-0.3, -0.25) is 4.79 Å². The zero-order chi connectivity index (χ0) is 36.5. The van der Waals surface area contributed by atoms with Crippen molar-refractivity contribution in [3.8, 4) is 17.2 Å². The maximum absolute atomic E-state index is 12.1. The Balaban J connectivity index is 0.000000228. The summed E-state index contributed by atoms with van der Waals surface area (Å²) in [5.41, 5.74) is 4.12. The molecular weight excluding hydrogens is 624 g/mol. The van der Waals surface area contributed by atoms with E-state index in [1.165, 1.54) is 31.8 Å². The van der Waals surface area contributed by atoms with Crippen LogP contribution >= 0.6 is 0 Å². The van der Waals surface area contributed by atoms with Crippen LogP contribution in [-0.4, -0.2) is 27.6 Å². The number of fused-ring (bicyclic) bond motifs is 3. The van der Waals surface area contributed by atoms with Gasteiger partial charge >= 0.3 is 5.97 Å². The standard InChI is InChI=1S/C24H36O3.C20H22O3/c1-6-7-8-9-12-23(2,3)16-13-20(26)22-18-15-17(25)10-11-19(18)24(4,5)27-21(22)14-16;1-15(2)13-17-9-6-10-18(20(17)22)14-23-19(21)12-11-16-7-4-3-5-8-16/h13-14,18-19,26H,6-12,15H2,1-5H3;3-12,15,22H,13-14H2,1-2H3/b;12-11+/t18-,19-;/m1./s1. The fourth-order valence-electron chi connectivity index (χ4n) is 7.39. The summed E-state index contributed by atoms with van der Waals surface area (Å²) >= 11 is 0. The molecule has 0 unspecified atom stereocenters. The Morgan fingerprint density at radius 2 is 1.74 bits per heavy atom. The summed E-state index contributed by atoms with van der Waals surface area (Å²) < 4.78 is 11.6. The molecule has 0 radical (unpaired) electrons. The highest BCUT2D eigenvalue weighted by Gasteiger charge is 2.47. The van der Waals surface area contributed by atoms with Gasteiger partial charge in [0.05, 0.1) is 0 Å². The Kier molecular flexibility index (Phi) is 13.4. The van der Waals surface area contributed by atoms with Crippen molar-refractivity contribution in [2.75, 3.05) is 0 Å². The molecule has 270 valence electrons. The average Bonchev–Trinajstić information content (AvgIpc) is 3.06. The Morgan fingerprint density at radius 3 is 2.44 bits per heavy atom. The smallest absolute Gasteiger partial charge is 0.331 e. The van der Waals surface area contributed by atoms with Gasteiger partial charge in [-0.15, -0.1) is 0 Å². The SMILES string of the molecule is CC(C)Cc1cccc(COC(=O)/C=C/c2ccccc2)c1O.CCCCCCC(C)(C)c1cc(O)c2c(c1)OC(C)(C)[C@@H]1CCC(=O)C[C@@H]21. The number of phenols is 2. The normalized spacial score (nSPS) is 18.1. The first-order chi connectivity index (χ1) is 23.7. The van der Waals surface area contributed by atoms with E-state index in [0.29, 0.717) is 35.9 Å². The molecule has 0 amide bonds. The maximum atomic E-state index is 12.1. The molecule has 3 aromatic rings. The fraction of sp³-hybridized carbons (Fsp3) is 0.500. The minimum absolute atomic E-state index is 0.00696. The van der Waals surface area contributed by atoms with Crippen molar-refractivity contribution in [1.29, 1.82) is 0 Å². The van der Waals surface area contributed by atoms with E-state index in [0.717, 1.165) is 47.3 Å². The highest BCUT2D eigenvalue weighted by atomic mass is 16.5. The van der Waals surface area contributed by atoms with Crippen LogP contribution in [0.25, 0.3) is 6.08 Å². The second kappa shape index (κ2) is 17.2. The van der Waals surface area contributed by atoms with Crippen LogP contribution in [0.1, 0.15) is 134 Å². The molecular formula is C44H58O6. The molecule has 2 aliphatic rings. The summed E-state index contributed by atoms with van der Waals surface area (Å²) in [5, 5.41) is 21.2. The van der Waals surface area contributed by atoms with Crippen LogP contribution < -0.4 is 4.74 Å². The van der Waals surface area contributed by atoms with E-state index in [9.17, 15) is 19.8 Å². The number of unbranched alkanes of at least 4 members (excludes halogenated alkanes) is 3. The fourth-order valence-corrected chi connectivity index (χ4v) is 7.39. The van der Waals surface area contributed by atoms with Gasteiger partial charge in [0.25, 0.3) is 0 Å². The molecule has 1 heterocycles. The largest absolute Gasteiger partial charge is 0.508 e. The van der Waals surface area contributed by atoms with Crippen LogP contribution in [0.3, 0.4) is 0 Å². The third-order valence-corrected chi connectivity index (χ3v) is 10.3. The second-order valence-electron chi connectivity index (χ2n) is 15.7. The van der Waals surface area contributed by atoms with Gasteiger partial charge in [0, 0.05) is 41.9 Å². The molecule has 0 saturated heterocycles. The second-order valence-corrected chi connectivity index (χ2v) is 15.7. The first-order valence-electron chi connectivity index (χ1n) is 18.5. The highest BCUT2D eigenvalue weighted by molar-refractivity contribution is 5.87. The summed E-state index contributed by atoms with van der Waals surface area (Å²) in [6.07, 6.45) is 12.0. The van der Waals surface area contributed by atoms with Crippen LogP contribution in [0.4, 0.5) is 0 Å². The molecule has 1 aliphatic carbocycles. The zero-order valence-electron chi connectivity index (χ0n) is 31.3. The number of rotatable bonds is 12. The number of hydrogen-bond donors (Lipinski definition) is 2. The quantitative estimate of drug-likeness (QED) is 0.112. The van der Waals surface area contributed by atoms with E-state index in [2.05, 4.69) is 54.5 Å². The topological polar surface area (TPSA) is 93.1 Å². The van der Waals surface area contributed by atoms with Gasteiger partial charge in [0.2, 0.25) is 0 Å². The minimum atomic E-state index is -0.428. The van der Waals surface area contributed by atoms with Crippen molar-refractivity contribution in [2.45, 2.75) is 130 Å². The molecule has 1 aliphatic heterocycles. The van der Waals surface area contributed by atoms with Crippen LogP contribution in [0.5, 0.6) is 17.2 Å². The predicted molar refractivity (Wildman–Crippen MR) is 202 cm³/mol. The van der Waals surface area contributed by atoms with E-state index in [1.54, 1.807) is 12.1 Å². The van der Waals surface area contributed by atoms with Crippen LogP contribution in [0, 0.1) is 11.8 Å². The number of hydrogen-bond acceptors (Lipinski definition) is 6. The van der Waals surface area contributed by atoms with Crippen molar-refractivity contribution < 1.29 is 29.3 Å². The third kappa shape index (κ3) is 10.2. The summed E-state index contributed by atoms with van der Waals surface area (Å²) in [5.74, 6) is 2.00. The van der Waals surface area contributed by atoms with Crippen LogP contribution in [0.2, 0.25) is 0 Å². The molecule has 1 fully saturated rings. The predicted octanol–water partition coefficient (Wildman–Crippen LogP) is 10.6. The molecule has 6 nitrogen and oxygen atoms in total. The van der Waals surface area contributed by atoms with E-state index in [-0.39, 0.29) is 35.2 Å². The number of carbonyl (C=O) groups is 2. The molecule has 50 heavy (non-hydrogen) atoms. The van der Waals surface area contributed by atoms with Crippen molar-refractivity contribution in [1.82, 2.24) is 0 Å². The van der Waals surface area contributed by atoms with Crippen molar-refractivity contribution in [2.24, 2.45) is 11.8 Å². The molecule has 5 rings (SSSR count). The van der Waals surface area contributed by atoms with Crippen molar-refractivity contribution in [3.05, 3.63) is 94.6 Å². The number of ether oxygens (including phenoxy) is 2. The van der Waals surface area contributed by atoms with E-state index >= 15 is 0 Å². The van der Waals surface area contributed by atoms with E-state index in [4.69, 9.17) is 9.47 Å². The first-order valence-corrected chi connectivity index (χ1v) is 18.5. The Hall–Kier alpha value is -4.06. The Bertz CT molecular complexity index is 1620. The molecule has 1 saturated carbocycles. The van der Waals surface area contributed by atoms with E-state index < -0.39 is 5.97 Å². The number of para-hydroxylation sites is 1. The van der Waals surface area contributed by atoms with Crippen LogP contribution in [0.15, 0.2) is 66.7 Å². The molecule has 6 heteroatoms. The first kappa shape index (κ1) is 38.7. The maximum Gasteiger partial charge on any atom is 0.331 e. The number of esters is 1. The van der Waals surface area contributed by atoms with Crippen molar-refractivity contribution >= 4 is 17.8 Å². The summed E-state index contributed by atoms with van der Waals surface area (Å²) in [4.78, 5) is 23.9. The lowest BCUT2D eigenvalue weighted by molar-refractivity contribution is -0.139.